The average Bonchev–Trinajstić information content (AvgIpc) is 2.61. The number of benzene rings is 2. The molecule has 0 aliphatic rings. The van der Waals surface area contributed by atoms with Crippen LogP contribution in [0.2, 0.25) is 0 Å². The van der Waals surface area contributed by atoms with E-state index in [4.69, 9.17) is 0 Å². The van der Waals surface area contributed by atoms with Gasteiger partial charge in [-0.15, -0.1) is 11.8 Å². The van der Waals surface area contributed by atoms with E-state index in [9.17, 15) is 4.79 Å². The molecular weight excluding hydrogens is 340 g/mol. The molecule has 0 saturated carbocycles. The molecule has 0 heterocycles. The standard InChI is InChI=1S/C22H30N2OS/c1-5-24(6-2)21-9-7-19(8-10-21)14-23-22(25)16-26-15-20-12-17(3)11-18(4)13-20/h7-13H,5-6,14-16H2,1-4H3,(H,23,25). The number of hydrogen-bond acceptors (Lipinski definition) is 3. The van der Waals surface area contributed by atoms with Crippen molar-refractivity contribution in [2.75, 3.05) is 23.7 Å². The summed E-state index contributed by atoms with van der Waals surface area (Å²) in [6.45, 7) is 11.1. The maximum atomic E-state index is 12.1. The molecule has 0 aromatic heterocycles. The van der Waals surface area contributed by atoms with Crippen molar-refractivity contribution in [2.24, 2.45) is 0 Å². The van der Waals surface area contributed by atoms with Crippen molar-refractivity contribution < 1.29 is 4.79 Å². The predicted molar refractivity (Wildman–Crippen MR) is 114 cm³/mol. The zero-order valence-corrected chi connectivity index (χ0v) is 17.2. The third kappa shape index (κ3) is 6.41. The lowest BCUT2D eigenvalue weighted by Crippen LogP contribution is -2.25. The minimum absolute atomic E-state index is 0.0900. The second kappa shape index (κ2) is 10.3. The number of thioether (sulfide) groups is 1. The Bertz CT molecular complexity index is 688. The zero-order valence-electron chi connectivity index (χ0n) is 16.3. The normalized spacial score (nSPS) is 10.6. The fraction of sp³-hybridized carbons (Fsp3) is 0.409. The van der Waals surface area contributed by atoms with Crippen molar-refractivity contribution in [2.45, 2.75) is 40.0 Å². The second-order valence-electron chi connectivity index (χ2n) is 6.60. The smallest absolute Gasteiger partial charge is 0.230 e. The Kier molecular flexibility index (Phi) is 8.05. The number of carbonyl (C=O) groups is 1. The van der Waals surface area contributed by atoms with Gasteiger partial charge in [0.2, 0.25) is 5.91 Å². The van der Waals surface area contributed by atoms with E-state index >= 15 is 0 Å². The predicted octanol–water partition coefficient (Wildman–Crippen LogP) is 4.70. The number of nitrogens with zero attached hydrogens (tertiary/aromatic N) is 1. The van der Waals surface area contributed by atoms with Crippen molar-refractivity contribution in [1.82, 2.24) is 5.32 Å². The molecule has 0 radical (unpaired) electrons. The lowest BCUT2D eigenvalue weighted by atomic mass is 10.1. The molecule has 0 unspecified atom stereocenters. The van der Waals surface area contributed by atoms with E-state index in [1.807, 2.05) is 0 Å². The topological polar surface area (TPSA) is 32.3 Å². The van der Waals surface area contributed by atoms with Crippen LogP contribution in [0.3, 0.4) is 0 Å². The Morgan fingerprint density at radius 3 is 2.15 bits per heavy atom. The molecule has 1 N–H and O–H groups in total. The van der Waals surface area contributed by atoms with Crippen molar-refractivity contribution in [3.05, 3.63) is 64.7 Å². The fourth-order valence-electron chi connectivity index (χ4n) is 3.08. The van der Waals surface area contributed by atoms with Crippen LogP contribution in [0.4, 0.5) is 5.69 Å². The molecule has 3 nitrogen and oxygen atoms in total. The summed E-state index contributed by atoms with van der Waals surface area (Å²) in [5, 5.41) is 3.01. The summed E-state index contributed by atoms with van der Waals surface area (Å²) < 4.78 is 0. The van der Waals surface area contributed by atoms with E-state index in [-0.39, 0.29) is 5.91 Å². The van der Waals surface area contributed by atoms with Gasteiger partial charge in [-0.3, -0.25) is 4.79 Å². The van der Waals surface area contributed by atoms with Crippen LogP contribution in [0.25, 0.3) is 0 Å². The highest BCUT2D eigenvalue weighted by Crippen LogP contribution is 2.16. The molecule has 2 aromatic rings. The van der Waals surface area contributed by atoms with Crippen LogP contribution in [0.5, 0.6) is 0 Å². The Morgan fingerprint density at radius 1 is 0.962 bits per heavy atom. The molecule has 0 aliphatic heterocycles. The molecule has 0 fully saturated rings. The van der Waals surface area contributed by atoms with Gasteiger partial charge in [-0.2, -0.15) is 0 Å². The lowest BCUT2D eigenvalue weighted by Gasteiger charge is -2.21. The first-order valence-electron chi connectivity index (χ1n) is 9.27. The molecule has 0 bridgehead atoms. The van der Waals surface area contributed by atoms with Gasteiger partial charge < -0.3 is 10.2 Å². The second-order valence-corrected chi connectivity index (χ2v) is 7.59. The van der Waals surface area contributed by atoms with Gasteiger partial charge in [-0.1, -0.05) is 41.5 Å². The van der Waals surface area contributed by atoms with E-state index in [0.29, 0.717) is 12.3 Å². The van der Waals surface area contributed by atoms with Crippen LogP contribution >= 0.6 is 11.8 Å². The van der Waals surface area contributed by atoms with Crippen LogP contribution in [0.15, 0.2) is 42.5 Å². The first-order chi connectivity index (χ1) is 12.5. The van der Waals surface area contributed by atoms with Crippen molar-refractivity contribution in [3.63, 3.8) is 0 Å². The van der Waals surface area contributed by atoms with E-state index in [2.05, 4.69) is 80.4 Å². The van der Waals surface area contributed by atoms with Crippen LogP contribution in [0, 0.1) is 13.8 Å². The number of amides is 1. The van der Waals surface area contributed by atoms with E-state index in [1.165, 1.54) is 22.4 Å². The molecule has 0 saturated heterocycles. The molecule has 0 atom stereocenters. The summed E-state index contributed by atoms with van der Waals surface area (Å²) >= 11 is 1.66. The number of aryl methyl sites for hydroxylation is 2. The van der Waals surface area contributed by atoms with E-state index in [1.54, 1.807) is 11.8 Å². The molecule has 0 aliphatic carbocycles. The van der Waals surface area contributed by atoms with Gasteiger partial charge in [0.25, 0.3) is 0 Å². The third-order valence-electron chi connectivity index (χ3n) is 4.34. The summed E-state index contributed by atoms with van der Waals surface area (Å²) in [6, 6.07) is 15.0. The van der Waals surface area contributed by atoms with Crippen LogP contribution in [-0.4, -0.2) is 24.7 Å². The minimum Gasteiger partial charge on any atom is -0.372 e. The Morgan fingerprint density at radius 2 is 1.58 bits per heavy atom. The number of hydrogen-bond donors (Lipinski definition) is 1. The van der Waals surface area contributed by atoms with Crippen molar-refractivity contribution in [3.8, 4) is 0 Å². The molecule has 1 amide bonds. The summed E-state index contributed by atoms with van der Waals surface area (Å²) in [5.74, 6) is 1.45. The molecule has 4 heteroatoms. The number of nitrogens with one attached hydrogen (secondary N) is 1. The van der Waals surface area contributed by atoms with Crippen molar-refractivity contribution in [1.29, 1.82) is 0 Å². The summed E-state index contributed by atoms with van der Waals surface area (Å²) in [6.07, 6.45) is 0. The highest BCUT2D eigenvalue weighted by atomic mass is 32.2. The third-order valence-corrected chi connectivity index (χ3v) is 5.34. The number of rotatable bonds is 9. The van der Waals surface area contributed by atoms with E-state index in [0.717, 1.165) is 24.4 Å². The number of anilines is 1. The van der Waals surface area contributed by atoms with Gasteiger partial charge in [0.15, 0.2) is 0 Å². The van der Waals surface area contributed by atoms with E-state index < -0.39 is 0 Å². The first-order valence-corrected chi connectivity index (χ1v) is 10.4. The molecule has 2 rings (SSSR count). The average molecular weight is 371 g/mol. The molecule has 140 valence electrons. The fourth-order valence-corrected chi connectivity index (χ4v) is 3.87. The van der Waals surface area contributed by atoms with Gasteiger partial charge in [0, 0.05) is 31.1 Å². The highest BCUT2D eigenvalue weighted by Gasteiger charge is 2.05. The maximum Gasteiger partial charge on any atom is 0.230 e. The summed E-state index contributed by atoms with van der Waals surface area (Å²) in [7, 11) is 0. The molecule has 26 heavy (non-hydrogen) atoms. The van der Waals surface area contributed by atoms with Gasteiger partial charge in [-0.25, -0.2) is 0 Å². The van der Waals surface area contributed by atoms with Gasteiger partial charge in [0.1, 0.15) is 0 Å². The molecule has 2 aromatic carbocycles. The lowest BCUT2D eigenvalue weighted by molar-refractivity contribution is -0.118. The summed E-state index contributed by atoms with van der Waals surface area (Å²) in [4.78, 5) is 14.4. The molecule has 0 spiro atoms. The number of carbonyl (C=O) groups excluding carboxylic acids is 1. The molecular formula is C22H30N2OS. The van der Waals surface area contributed by atoms with Crippen LogP contribution in [0.1, 0.15) is 36.1 Å². The first kappa shape index (κ1) is 20.4. The quantitative estimate of drug-likeness (QED) is 0.694. The van der Waals surface area contributed by atoms with Gasteiger partial charge >= 0.3 is 0 Å². The monoisotopic (exact) mass is 370 g/mol. The Labute approximate surface area is 162 Å². The summed E-state index contributed by atoms with van der Waals surface area (Å²) in [5.41, 5.74) is 6.20. The maximum absolute atomic E-state index is 12.1. The van der Waals surface area contributed by atoms with Crippen LogP contribution in [-0.2, 0) is 17.1 Å². The SMILES string of the molecule is CCN(CC)c1ccc(CNC(=O)CSCc2cc(C)cc(C)c2)cc1. The largest absolute Gasteiger partial charge is 0.372 e. The highest BCUT2D eigenvalue weighted by molar-refractivity contribution is 7.99. The Hall–Kier alpha value is -1.94. The van der Waals surface area contributed by atoms with Crippen molar-refractivity contribution >= 4 is 23.4 Å². The Balaban J connectivity index is 1.74. The minimum atomic E-state index is 0.0900. The zero-order chi connectivity index (χ0) is 18.9. The van der Waals surface area contributed by atoms with Gasteiger partial charge in [0.05, 0.1) is 5.75 Å². The van der Waals surface area contributed by atoms with Crippen LogP contribution < -0.4 is 10.2 Å². The van der Waals surface area contributed by atoms with Gasteiger partial charge in [-0.05, 0) is 51.0 Å².